The number of hydrogen-bond acceptors (Lipinski definition) is 4. The Hall–Kier alpha value is -1.59. The number of rotatable bonds is 4. The van der Waals surface area contributed by atoms with Crippen LogP contribution >= 0.6 is 0 Å². The molecule has 2 rings (SSSR count). The van der Waals surface area contributed by atoms with E-state index in [9.17, 15) is 4.79 Å². The van der Waals surface area contributed by atoms with Gasteiger partial charge in [-0.1, -0.05) is 13.0 Å². The summed E-state index contributed by atoms with van der Waals surface area (Å²) in [6.45, 7) is 6.27. The molecule has 5 nitrogen and oxygen atoms in total. The van der Waals surface area contributed by atoms with Crippen molar-refractivity contribution in [3.63, 3.8) is 0 Å². The number of piperidine rings is 1. The van der Waals surface area contributed by atoms with Gasteiger partial charge in [-0.2, -0.15) is 0 Å². The summed E-state index contributed by atoms with van der Waals surface area (Å²) in [6, 6.07) is 5.58. The van der Waals surface area contributed by atoms with Crippen LogP contribution in [0.1, 0.15) is 18.9 Å². The number of aryl methyl sites for hydroxylation is 1. The predicted molar refractivity (Wildman–Crippen MR) is 85.2 cm³/mol. The standard InChI is InChI=1S/C16H25N3O2/c1-11-4-5-13(8-14(11)17)18-16(20)10-19-7-6-12(2)15(9-19)21-3/h4-5,8,12,15H,6-7,9-10,17H2,1-3H3,(H,18,20). The van der Waals surface area contributed by atoms with E-state index in [0.717, 1.165) is 30.8 Å². The lowest BCUT2D eigenvalue weighted by Crippen LogP contribution is -2.46. The number of amides is 1. The molecule has 0 spiro atoms. The van der Waals surface area contributed by atoms with Gasteiger partial charge in [0.2, 0.25) is 5.91 Å². The molecule has 0 bridgehead atoms. The number of carbonyl (C=O) groups excluding carboxylic acids is 1. The molecule has 1 aliphatic heterocycles. The van der Waals surface area contributed by atoms with E-state index in [2.05, 4.69) is 17.1 Å². The second-order valence-corrected chi connectivity index (χ2v) is 5.89. The summed E-state index contributed by atoms with van der Waals surface area (Å²) in [6.07, 6.45) is 1.27. The molecule has 116 valence electrons. The van der Waals surface area contributed by atoms with Gasteiger partial charge in [0, 0.05) is 25.0 Å². The maximum absolute atomic E-state index is 12.1. The number of likely N-dealkylation sites (tertiary alicyclic amines) is 1. The molecule has 1 aliphatic rings. The molecule has 0 aromatic heterocycles. The summed E-state index contributed by atoms with van der Waals surface area (Å²) in [5.74, 6) is 0.536. The molecule has 3 N–H and O–H groups in total. The average molecular weight is 291 g/mol. The van der Waals surface area contributed by atoms with Crippen molar-refractivity contribution in [2.45, 2.75) is 26.4 Å². The van der Waals surface area contributed by atoms with Crippen LogP contribution in [0.25, 0.3) is 0 Å². The quantitative estimate of drug-likeness (QED) is 0.831. The zero-order valence-corrected chi connectivity index (χ0v) is 13.1. The average Bonchev–Trinajstić information content (AvgIpc) is 2.45. The van der Waals surface area contributed by atoms with E-state index in [1.165, 1.54) is 0 Å². The first kappa shape index (κ1) is 15.8. The van der Waals surface area contributed by atoms with Gasteiger partial charge in [0.25, 0.3) is 0 Å². The minimum absolute atomic E-state index is 0.0114. The first-order valence-corrected chi connectivity index (χ1v) is 7.40. The van der Waals surface area contributed by atoms with Gasteiger partial charge >= 0.3 is 0 Å². The molecule has 0 aliphatic carbocycles. The molecule has 2 atom stereocenters. The summed E-state index contributed by atoms with van der Waals surface area (Å²) in [4.78, 5) is 14.3. The first-order valence-electron chi connectivity index (χ1n) is 7.40. The minimum Gasteiger partial charge on any atom is -0.398 e. The molecule has 1 heterocycles. The fourth-order valence-corrected chi connectivity index (χ4v) is 2.67. The molecule has 5 heteroatoms. The van der Waals surface area contributed by atoms with Gasteiger partial charge in [0.1, 0.15) is 0 Å². The van der Waals surface area contributed by atoms with Crippen LogP contribution in [-0.4, -0.2) is 43.7 Å². The van der Waals surface area contributed by atoms with Crippen molar-refractivity contribution in [1.82, 2.24) is 4.90 Å². The Morgan fingerprint density at radius 3 is 2.95 bits per heavy atom. The van der Waals surface area contributed by atoms with Crippen molar-refractivity contribution in [3.8, 4) is 0 Å². The molecule has 2 unspecified atom stereocenters. The Morgan fingerprint density at radius 1 is 1.52 bits per heavy atom. The molecule has 1 fully saturated rings. The van der Waals surface area contributed by atoms with Gasteiger partial charge in [0.05, 0.1) is 12.6 Å². The molecule has 1 aromatic rings. The molecule has 0 radical (unpaired) electrons. The Balaban J connectivity index is 1.88. The van der Waals surface area contributed by atoms with Crippen LogP contribution in [0.2, 0.25) is 0 Å². The second-order valence-electron chi connectivity index (χ2n) is 5.89. The Kier molecular flexibility index (Phi) is 5.20. The zero-order chi connectivity index (χ0) is 15.4. The highest BCUT2D eigenvalue weighted by Crippen LogP contribution is 2.20. The van der Waals surface area contributed by atoms with Crippen molar-refractivity contribution in [2.24, 2.45) is 5.92 Å². The monoisotopic (exact) mass is 291 g/mol. The number of nitrogens with two attached hydrogens (primary N) is 1. The number of benzene rings is 1. The van der Waals surface area contributed by atoms with Crippen molar-refractivity contribution >= 4 is 17.3 Å². The maximum atomic E-state index is 12.1. The largest absolute Gasteiger partial charge is 0.398 e. The molecule has 1 aromatic carbocycles. The van der Waals surface area contributed by atoms with Crippen molar-refractivity contribution < 1.29 is 9.53 Å². The highest BCUT2D eigenvalue weighted by Gasteiger charge is 2.26. The third-order valence-electron chi connectivity index (χ3n) is 4.21. The predicted octanol–water partition coefficient (Wildman–Crippen LogP) is 1.87. The lowest BCUT2D eigenvalue weighted by Gasteiger charge is -2.35. The lowest BCUT2D eigenvalue weighted by molar-refractivity contribution is -0.118. The highest BCUT2D eigenvalue weighted by molar-refractivity contribution is 5.92. The summed E-state index contributed by atoms with van der Waals surface area (Å²) in [7, 11) is 1.74. The highest BCUT2D eigenvalue weighted by atomic mass is 16.5. The number of nitrogen functional groups attached to an aromatic ring is 1. The van der Waals surface area contributed by atoms with Gasteiger partial charge in [-0.3, -0.25) is 9.69 Å². The van der Waals surface area contributed by atoms with E-state index in [4.69, 9.17) is 10.5 Å². The van der Waals surface area contributed by atoms with Gasteiger partial charge < -0.3 is 15.8 Å². The van der Waals surface area contributed by atoms with Crippen molar-refractivity contribution in [3.05, 3.63) is 23.8 Å². The number of methoxy groups -OCH3 is 1. The van der Waals surface area contributed by atoms with Crippen LogP contribution in [0.4, 0.5) is 11.4 Å². The van der Waals surface area contributed by atoms with E-state index in [-0.39, 0.29) is 12.0 Å². The number of anilines is 2. The molecule has 1 amide bonds. The minimum atomic E-state index is -0.0114. The van der Waals surface area contributed by atoms with Crippen LogP contribution in [0.15, 0.2) is 18.2 Å². The number of hydrogen-bond donors (Lipinski definition) is 2. The van der Waals surface area contributed by atoms with Gasteiger partial charge in [-0.05, 0) is 43.5 Å². The van der Waals surface area contributed by atoms with E-state index in [0.29, 0.717) is 18.2 Å². The first-order chi connectivity index (χ1) is 9.99. The SMILES string of the molecule is COC1CN(CC(=O)Nc2ccc(C)c(N)c2)CCC1C. The van der Waals surface area contributed by atoms with Gasteiger partial charge in [-0.25, -0.2) is 0 Å². The summed E-state index contributed by atoms with van der Waals surface area (Å²) < 4.78 is 5.47. The van der Waals surface area contributed by atoms with Crippen LogP contribution in [0.5, 0.6) is 0 Å². The molecular weight excluding hydrogens is 266 g/mol. The van der Waals surface area contributed by atoms with E-state index in [1.807, 2.05) is 19.1 Å². The Bertz CT molecular complexity index is 504. The number of nitrogens with one attached hydrogen (secondary N) is 1. The van der Waals surface area contributed by atoms with E-state index >= 15 is 0 Å². The van der Waals surface area contributed by atoms with E-state index in [1.54, 1.807) is 13.2 Å². The fraction of sp³-hybridized carbons (Fsp3) is 0.562. The Labute approximate surface area is 126 Å². The molecule has 1 saturated heterocycles. The van der Waals surface area contributed by atoms with Crippen LogP contribution in [0.3, 0.4) is 0 Å². The lowest BCUT2D eigenvalue weighted by atomic mass is 9.96. The summed E-state index contributed by atoms with van der Waals surface area (Å²) in [5, 5.41) is 2.90. The van der Waals surface area contributed by atoms with Crippen LogP contribution in [0, 0.1) is 12.8 Å². The van der Waals surface area contributed by atoms with Crippen LogP contribution < -0.4 is 11.1 Å². The van der Waals surface area contributed by atoms with Gasteiger partial charge in [0.15, 0.2) is 0 Å². The third kappa shape index (κ3) is 4.19. The topological polar surface area (TPSA) is 67.6 Å². The maximum Gasteiger partial charge on any atom is 0.238 e. The third-order valence-corrected chi connectivity index (χ3v) is 4.21. The second kappa shape index (κ2) is 6.91. The molecule has 21 heavy (non-hydrogen) atoms. The number of nitrogens with zero attached hydrogens (tertiary/aromatic N) is 1. The molecule has 0 saturated carbocycles. The molecular formula is C16H25N3O2. The number of carbonyl (C=O) groups is 1. The Morgan fingerprint density at radius 2 is 2.29 bits per heavy atom. The normalized spacial score (nSPS) is 23.0. The zero-order valence-electron chi connectivity index (χ0n) is 13.1. The smallest absolute Gasteiger partial charge is 0.238 e. The summed E-state index contributed by atoms with van der Waals surface area (Å²) in [5.41, 5.74) is 8.31. The van der Waals surface area contributed by atoms with Gasteiger partial charge in [-0.15, -0.1) is 0 Å². The van der Waals surface area contributed by atoms with Crippen molar-refractivity contribution in [1.29, 1.82) is 0 Å². The summed E-state index contributed by atoms with van der Waals surface area (Å²) >= 11 is 0. The number of ether oxygens (including phenoxy) is 1. The van der Waals surface area contributed by atoms with E-state index < -0.39 is 0 Å². The fourth-order valence-electron chi connectivity index (χ4n) is 2.67. The van der Waals surface area contributed by atoms with Crippen LogP contribution in [-0.2, 0) is 9.53 Å². The van der Waals surface area contributed by atoms with Crippen molar-refractivity contribution in [2.75, 3.05) is 37.8 Å².